The zero-order chi connectivity index (χ0) is 10.1. The van der Waals surface area contributed by atoms with Gasteiger partial charge in [-0.3, -0.25) is 10.1 Å². The van der Waals surface area contributed by atoms with Crippen molar-refractivity contribution in [2.75, 3.05) is 0 Å². The summed E-state index contributed by atoms with van der Waals surface area (Å²) >= 11 is 0. The van der Waals surface area contributed by atoms with Gasteiger partial charge in [0.2, 0.25) is 0 Å². The molecule has 15 heavy (non-hydrogen) atoms. The number of rotatable bonds is 1. The Morgan fingerprint density at radius 2 is 1.67 bits per heavy atom. The van der Waals surface area contributed by atoms with E-state index in [2.05, 4.69) is 0 Å². The van der Waals surface area contributed by atoms with E-state index in [-0.39, 0.29) is 62.8 Å². The van der Waals surface area contributed by atoms with Crippen molar-refractivity contribution < 1.29 is 61.4 Å². The Hall–Kier alpha value is -0.464. The SMILES string of the molecule is O=[N+]([O-])c1ccc(O)c2ccccc12.[K+]. The fourth-order valence-corrected chi connectivity index (χ4v) is 1.43. The molecule has 0 aliphatic carbocycles. The molecule has 0 aromatic heterocycles. The molecule has 0 radical (unpaired) electrons. The molecule has 0 saturated heterocycles. The summed E-state index contributed by atoms with van der Waals surface area (Å²) in [4.78, 5) is 10.2. The molecule has 0 atom stereocenters. The molecule has 0 fully saturated rings. The average Bonchev–Trinajstić information content (AvgIpc) is 2.18. The maximum Gasteiger partial charge on any atom is 1.00 e. The summed E-state index contributed by atoms with van der Waals surface area (Å²) in [6.07, 6.45) is 0. The van der Waals surface area contributed by atoms with Crippen LogP contribution in [0.3, 0.4) is 0 Å². The Kier molecular flexibility index (Phi) is 4.24. The number of phenols is 1. The van der Waals surface area contributed by atoms with Crippen LogP contribution in [0.5, 0.6) is 5.75 Å². The molecule has 0 bridgehead atoms. The van der Waals surface area contributed by atoms with Gasteiger partial charge in [0.25, 0.3) is 5.69 Å². The third kappa shape index (κ3) is 2.38. The fraction of sp³-hybridized carbons (Fsp3) is 0. The van der Waals surface area contributed by atoms with Gasteiger partial charge in [0, 0.05) is 11.5 Å². The van der Waals surface area contributed by atoms with Crippen molar-refractivity contribution in [3.8, 4) is 5.75 Å². The van der Waals surface area contributed by atoms with E-state index in [1.807, 2.05) is 0 Å². The fourth-order valence-electron chi connectivity index (χ4n) is 1.43. The van der Waals surface area contributed by atoms with Gasteiger partial charge < -0.3 is 5.11 Å². The van der Waals surface area contributed by atoms with Crippen LogP contribution in [0, 0.1) is 10.1 Å². The molecule has 0 saturated carbocycles. The standard InChI is InChI=1S/C10H7NO3.K/c12-10-6-5-9(11(13)14)7-3-1-2-4-8(7)10;/h1-6,12H;/q;+1. The van der Waals surface area contributed by atoms with Gasteiger partial charge in [-0.25, -0.2) is 0 Å². The predicted octanol–water partition coefficient (Wildman–Crippen LogP) is -0.542. The molecule has 5 heteroatoms. The maximum absolute atomic E-state index is 10.7. The van der Waals surface area contributed by atoms with Crippen LogP contribution in [0.2, 0.25) is 0 Å². The van der Waals surface area contributed by atoms with E-state index in [0.717, 1.165) is 0 Å². The summed E-state index contributed by atoms with van der Waals surface area (Å²) in [5.41, 5.74) is 0.0124. The second-order valence-electron chi connectivity index (χ2n) is 2.91. The summed E-state index contributed by atoms with van der Waals surface area (Å²) in [6.45, 7) is 0. The van der Waals surface area contributed by atoms with Crippen molar-refractivity contribution in [3.63, 3.8) is 0 Å². The van der Waals surface area contributed by atoms with E-state index in [1.165, 1.54) is 12.1 Å². The molecule has 2 aromatic rings. The number of phenolic OH excluding ortho intramolecular Hbond substituents is 1. The number of nitro groups is 1. The van der Waals surface area contributed by atoms with Gasteiger partial charge in [-0.05, 0) is 12.1 Å². The summed E-state index contributed by atoms with van der Waals surface area (Å²) in [7, 11) is 0. The molecule has 2 rings (SSSR count). The molecular formula is C10H7KNO3+. The summed E-state index contributed by atoms with van der Waals surface area (Å²) in [6, 6.07) is 9.34. The Morgan fingerprint density at radius 1 is 1.07 bits per heavy atom. The van der Waals surface area contributed by atoms with Crippen LogP contribution >= 0.6 is 0 Å². The van der Waals surface area contributed by atoms with Gasteiger partial charge in [-0.1, -0.05) is 18.2 Å². The van der Waals surface area contributed by atoms with Crippen LogP contribution in [0.4, 0.5) is 5.69 Å². The molecule has 4 nitrogen and oxygen atoms in total. The Balaban J connectivity index is 0.00000112. The first-order valence-electron chi connectivity index (χ1n) is 4.05. The number of nitro benzene ring substituents is 1. The van der Waals surface area contributed by atoms with Crippen LogP contribution in [0.1, 0.15) is 0 Å². The first-order valence-corrected chi connectivity index (χ1v) is 4.05. The summed E-state index contributed by atoms with van der Waals surface area (Å²) in [5.74, 6) is 0.0613. The van der Waals surface area contributed by atoms with E-state index >= 15 is 0 Å². The molecule has 0 aliphatic heterocycles. The minimum atomic E-state index is -0.457. The molecule has 0 unspecified atom stereocenters. The maximum atomic E-state index is 10.7. The van der Waals surface area contributed by atoms with Gasteiger partial charge in [0.1, 0.15) is 5.75 Å². The number of nitrogens with zero attached hydrogens (tertiary/aromatic N) is 1. The largest absolute Gasteiger partial charge is 1.00 e. The van der Waals surface area contributed by atoms with Crippen LogP contribution in [0.25, 0.3) is 10.8 Å². The van der Waals surface area contributed by atoms with Crippen molar-refractivity contribution in [3.05, 3.63) is 46.5 Å². The van der Waals surface area contributed by atoms with Gasteiger partial charge >= 0.3 is 51.4 Å². The number of hydrogen-bond donors (Lipinski definition) is 1. The van der Waals surface area contributed by atoms with E-state index < -0.39 is 4.92 Å². The second-order valence-corrected chi connectivity index (χ2v) is 2.91. The van der Waals surface area contributed by atoms with E-state index in [1.54, 1.807) is 24.3 Å². The Morgan fingerprint density at radius 3 is 2.27 bits per heavy atom. The molecule has 70 valence electrons. The minimum absolute atomic E-state index is 0. The van der Waals surface area contributed by atoms with Crippen molar-refractivity contribution in [1.82, 2.24) is 0 Å². The third-order valence-electron chi connectivity index (χ3n) is 2.07. The molecule has 0 aliphatic rings. The number of aromatic hydroxyl groups is 1. The molecule has 1 N–H and O–H groups in total. The smallest absolute Gasteiger partial charge is 0.507 e. The van der Waals surface area contributed by atoms with Gasteiger partial charge in [-0.2, -0.15) is 0 Å². The third-order valence-corrected chi connectivity index (χ3v) is 2.07. The van der Waals surface area contributed by atoms with Crippen molar-refractivity contribution in [2.45, 2.75) is 0 Å². The van der Waals surface area contributed by atoms with Crippen LogP contribution in [-0.4, -0.2) is 10.0 Å². The number of fused-ring (bicyclic) bond motifs is 1. The van der Waals surface area contributed by atoms with Gasteiger partial charge in [0.15, 0.2) is 0 Å². The Labute approximate surface area is 128 Å². The Bertz CT molecular complexity index is 513. The summed E-state index contributed by atoms with van der Waals surface area (Å²) in [5, 5.41) is 21.1. The number of hydrogen-bond acceptors (Lipinski definition) is 3. The zero-order valence-corrected chi connectivity index (χ0v) is 11.3. The monoisotopic (exact) mass is 228 g/mol. The molecule has 0 spiro atoms. The predicted molar refractivity (Wildman–Crippen MR) is 52.3 cm³/mol. The molecule has 2 aromatic carbocycles. The van der Waals surface area contributed by atoms with Crippen LogP contribution < -0.4 is 51.4 Å². The van der Waals surface area contributed by atoms with Gasteiger partial charge in [0.05, 0.1) is 10.3 Å². The minimum Gasteiger partial charge on any atom is -0.507 e. The van der Waals surface area contributed by atoms with E-state index in [0.29, 0.717) is 10.8 Å². The normalized spacial score (nSPS) is 9.60. The van der Waals surface area contributed by atoms with Crippen LogP contribution in [0.15, 0.2) is 36.4 Å². The molecule has 0 amide bonds. The summed E-state index contributed by atoms with van der Waals surface area (Å²) < 4.78 is 0. The van der Waals surface area contributed by atoms with E-state index in [9.17, 15) is 15.2 Å². The van der Waals surface area contributed by atoms with Crippen LogP contribution in [-0.2, 0) is 0 Å². The molecule has 0 heterocycles. The first kappa shape index (κ1) is 12.6. The van der Waals surface area contributed by atoms with Crippen molar-refractivity contribution in [1.29, 1.82) is 0 Å². The number of non-ortho nitro benzene ring substituents is 1. The average molecular weight is 228 g/mol. The zero-order valence-electron chi connectivity index (χ0n) is 8.18. The van der Waals surface area contributed by atoms with Crippen molar-refractivity contribution >= 4 is 16.5 Å². The molecular weight excluding hydrogens is 221 g/mol. The topological polar surface area (TPSA) is 63.4 Å². The number of benzene rings is 2. The quantitative estimate of drug-likeness (QED) is 0.405. The second kappa shape index (κ2) is 5.04. The first-order chi connectivity index (χ1) is 6.70. The van der Waals surface area contributed by atoms with Gasteiger partial charge in [-0.15, -0.1) is 0 Å². The van der Waals surface area contributed by atoms with Crippen molar-refractivity contribution in [2.24, 2.45) is 0 Å². The van der Waals surface area contributed by atoms with E-state index in [4.69, 9.17) is 0 Å².